The summed E-state index contributed by atoms with van der Waals surface area (Å²) in [7, 11) is 1.47. The van der Waals surface area contributed by atoms with Gasteiger partial charge in [0.15, 0.2) is 0 Å². The molecule has 0 spiro atoms. The summed E-state index contributed by atoms with van der Waals surface area (Å²) in [4.78, 5) is 30.3. The van der Waals surface area contributed by atoms with Gasteiger partial charge in [0.05, 0.1) is 6.21 Å². The highest BCUT2D eigenvalue weighted by Crippen LogP contribution is 2.08. The predicted molar refractivity (Wildman–Crippen MR) is 83.8 cm³/mol. The quantitative estimate of drug-likeness (QED) is 0.638. The van der Waals surface area contributed by atoms with Gasteiger partial charge < -0.3 is 15.1 Å². The average molecular weight is 303 g/mol. The molecule has 118 valence electrons. The second-order valence-electron chi connectivity index (χ2n) is 5.13. The van der Waals surface area contributed by atoms with Gasteiger partial charge in [0.2, 0.25) is 5.91 Å². The lowest BCUT2D eigenvalue weighted by atomic mass is 10.1. The van der Waals surface area contributed by atoms with Crippen LogP contribution in [0, 0.1) is 0 Å². The molecule has 0 bridgehead atoms. The highest BCUT2D eigenvalue weighted by Gasteiger charge is 2.17. The van der Waals surface area contributed by atoms with Crippen molar-refractivity contribution in [2.45, 2.75) is 19.3 Å². The van der Waals surface area contributed by atoms with Crippen molar-refractivity contribution in [1.29, 1.82) is 0 Å². The van der Waals surface area contributed by atoms with Crippen LogP contribution in [0.4, 0.5) is 0 Å². The predicted octanol–water partition coefficient (Wildman–Crippen LogP) is 1.41. The first-order valence-corrected chi connectivity index (χ1v) is 7.43. The van der Waals surface area contributed by atoms with E-state index in [4.69, 9.17) is 0 Å². The van der Waals surface area contributed by atoms with E-state index in [2.05, 4.69) is 15.3 Å². The van der Waals surface area contributed by atoms with Crippen LogP contribution in [-0.2, 0) is 9.63 Å². The van der Waals surface area contributed by atoms with Crippen LogP contribution in [0.5, 0.6) is 0 Å². The minimum Gasteiger partial charge on any atom is -0.399 e. The molecule has 1 aliphatic rings. The molecule has 0 unspecified atom stereocenters. The third kappa shape index (κ3) is 4.58. The SMILES string of the molecule is CO/N=C/c1ccc(C(=O)NCCC(=O)N2CCCC2)cc1. The molecule has 0 aliphatic carbocycles. The lowest BCUT2D eigenvalue weighted by Crippen LogP contribution is -2.32. The molecule has 6 heteroatoms. The molecule has 2 rings (SSSR count). The van der Waals surface area contributed by atoms with E-state index in [0.717, 1.165) is 31.5 Å². The fraction of sp³-hybridized carbons (Fsp3) is 0.438. The van der Waals surface area contributed by atoms with Gasteiger partial charge >= 0.3 is 0 Å². The Morgan fingerprint density at radius 3 is 2.59 bits per heavy atom. The molecule has 0 atom stereocenters. The summed E-state index contributed by atoms with van der Waals surface area (Å²) in [5, 5.41) is 6.43. The molecule has 1 aliphatic heterocycles. The molecular formula is C16H21N3O3. The fourth-order valence-corrected chi connectivity index (χ4v) is 2.34. The van der Waals surface area contributed by atoms with Crippen LogP contribution in [0.15, 0.2) is 29.4 Å². The minimum atomic E-state index is -0.176. The summed E-state index contributed by atoms with van der Waals surface area (Å²) in [6, 6.07) is 7.00. The van der Waals surface area contributed by atoms with Crippen molar-refractivity contribution in [1.82, 2.24) is 10.2 Å². The van der Waals surface area contributed by atoms with Crippen LogP contribution < -0.4 is 5.32 Å². The molecule has 1 fully saturated rings. The van der Waals surface area contributed by atoms with Gasteiger partial charge in [-0.3, -0.25) is 9.59 Å². The molecule has 1 aromatic rings. The number of rotatable bonds is 6. The first-order chi connectivity index (χ1) is 10.7. The lowest BCUT2D eigenvalue weighted by Gasteiger charge is -2.15. The van der Waals surface area contributed by atoms with E-state index in [1.807, 2.05) is 4.90 Å². The van der Waals surface area contributed by atoms with Gasteiger partial charge in [-0.15, -0.1) is 0 Å². The number of amides is 2. The monoisotopic (exact) mass is 303 g/mol. The number of benzene rings is 1. The molecule has 22 heavy (non-hydrogen) atoms. The second kappa shape index (κ2) is 8.17. The van der Waals surface area contributed by atoms with E-state index in [-0.39, 0.29) is 11.8 Å². The van der Waals surface area contributed by atoms with Gasteiger partial charge in [-0.25, -0.2) is 0 Å². The van der Waals surface area contributed by atoms with Crippen molar-refractivity contribution in [2.75, 3.05) is 26.7 Å². The molecule has 1 heterocycles. The van der Waals surface area contributed by atoms with Crippen LogP contribution in [0.2, 0.25) is 0 Å². The maximum atomic E-state index is 12.0. The van der Waals surface area contributed by atoms with E-state index in [1.165, 1.54) is 7.11 Å². The van der Waals surface area contributed by atoms with E-state index < -0.39 is 0 Å². The summed E-state index contributed by atoms with van der Waals surface area (Å²) in [5.41, 5.74) is 1.41. The zero-order valence-corrected chi connectivity index (χ0v) is 12.7. The van der Waals surface area contributed by atoms with Crippen molar-refractivity contribution in [3.05, 3.63) is 35.4 Å². The molecule has 1 aromatic carbocycles. The number of hydrogen-bond acceptors (Lipinski definition) is 4. The smallest absolute Gasteiger partial charge is 0.251 e. The Labute approximate surface area is 130 Å². The Kier molecular flexibility index (Phi) is 5.94. The van der Waals surface area contributed by atoms with Crippen LogP contribution in [0.3, 0.4) is 0 Å². The van der Waals surface area contributed by atoms with Crippen LogP contribution in [-0.4, -0.2) is 49.7 Å². The number of nitrogens with zero attached hydrogens (tertiary/aromatic N) is 2. The minimum absolute atomic E-state index is 0.115. The number of hydrogen-bond donors (Lipinski definition) is 1. The second-order valence-corrected chi connectivity index (χ2v) is 5.13. The van der Waals surface area contributed by atoms with Gasteiger partial charge in [-0.2, -0.15) is 0 Å². The topological polar surface area (TPSA) is 71.0 Å². The van der Waals surface area contributed by atoms with E-state index in [1.54, 1.807) is 30.5 Å². The molecule has 6 nitrogen and oxygen atoms in total. The summed E-state index contributed by atoms with van der Waals surface area (Å²) in [6.45, 7) is 2.05. The molecule has 0 saturated carbocycles. The van der Waals surface area contributed by atoms with Gasteiger partial charge in [-0.05, 0) is 30.5 Å². The Bertz CT molecular complexity index is 534. The molecule has 1 N–H and O–H groups in total. The first kappa shape index (κ1) is 16.0. The van der Waals surface area contributed by atoms with Crippen molar-refractivity contribution in [3.8, 4) is 0 Å². The number of oxime groups is 1. The van der Waals surface area contributed by atoms with Crippen LogP contribution in [0.1, 0.15) is 35.2 Å². The zero-order chi connectivity index (χ0) is 15.8. The Morgan fingerprint density at radius 1 is 1.27 bits per heavy atom. The van der Waals surface area contributed by atoms with Gasteiger partial charge in [0.25, 0.3) is 5.91 Å². The third-order valence-corrected chi connectivity index (χ3v) is 3.56. The van der Waals surface area contributed by atoms with Crippen LogP contribution in [0.25, 0.3) is 0 Å². The van der Waals surface area contributed by atoms with Crippen molar-refractivity contribution in [3.63, 3.8) is 0 Å². The summed E-state index contributed by atoms with van der Waals surface area (Å²) in [5.74, 6) is -0.0617. The maximum absolute atomic E-state index is 12.0. The molecule has 1 saturated heterocycles. The Hall–Kier alpha value is -2.37. The number of carbonyl (C=O) groups excluding carboxylic acids is 2. The Balaban J connectivity index is 1.76. The van der Waals surface area contributed by atoms with E-state index in [9.17, 15) is 9.59 Å². The van der Waals surface area contributed by atoms with Crippen molar-refractivity contribution < 1.29 is 14.4 Å². The van der Waals surface area contributed by atoms with E-state index in [0.29, 0.717) is 18.5 Å². The summed E-state index contributed by atoms with van der Waals surface area (Å²) in [6.07, 6.45) is 4.08. The van der Waals surface area contributed by atoms with Gasteiger partial charge in [0, 0.05) is 31.6 Å². The van der Waals surface area contributed by atoms with E-state index >= 15 is 0 Å². The van der Waals surface area contributed by atoms with Gasteiger partial charge in [0.1, 0.15) is 7.11 Å². The highest BCUT2D eigenvalue weighted by atomic mass is 16.6. The highest BCUT2D eigenvalue weighted by molar-refractivity contribution is 5.95. The summed E-state index contributed by atoms with van der Waals surface area (Å²) < 4.78 is 0. The van der Waals surface area contributed by atoms with Crippen LogP contribution >= 0.6 is 0 Å². The molecule has 0 aromatic heterocycles. The van der Waals surface area contributed by atoms with Gasteiger partial charge in [-0.1, -0.05) is 17.3 Å². The first-order valence-electron chi connectivity index (χ1n) is 7.43. The summed E-state index contributed by atoms with van der Waals surface area (Å²) >= 11 is 0. The largest absolute Gasteiger partial charge is 0.399 e. The number of likely N-dealkylation sites (tertiary alicyclic amines) is 1. The molecular weight excluding hydrogens is 282 g/mol. The standard InChI is InChI=1S/C16H21N3O3/c1-22-18-12-13-4-6-14(7-5-13)16(21)17-9-8-15(20)19-10-2-3-11-19/h4-7,12H,2-3,8-11H2,1H3,(H,17,21)/b18-12+. The molecule has 0 radical (unpaired) electrons. The number of nitrogens with one attached hydrogen (secondary N) is 1. The average Bonchev–Trinajstić information content (AvgIpc) is 3.07. The number of carbonyl (C=O) groups is 2. The molecule has 2 amide bonds. The van der Waals surface area contributed by atoms with Crippen molar-refractivity contribution in [2.24, 2.45) is 5.16 Å². The Morgan fingerprint density at radius 2 is 1.95 bits per heavy atom. The lowest BCUT2D eigenvalue weighted by molar-refractivity contribution is -0.129. The maximum Gasteiger partial charge on any atom is 0.251 e. The zero-order valence-electron chi connectivity index (χ0n) is 12.7. The normalized spacial score (nSPS) is 14.3. The third-order valence-electron chi connectivity index (χ3n) is 3.56. The fourth-order valence-electron chi connectivity index (χ4n) is 2.34. The van der Waals surface area contributed by atoms with Crippen molar-refractivity contribution >= 4 is 18.0 Å².